The minimum Gasteiger partial charge on any atom is -0.341 e. The van der Waals surface area contributed by atoms with Crippen LogP contribution in [0.5, 0.6) is 0 Å². The second-order valence-corrected chi connectivity index (χ2v) is 8.12. The van der Waals surface area contributed by atoms with E-state index in [0.29, 0.717) is 5.02 Å². The van der Waals surface area contributed by atoms with Gasteiger partial charge >= 0.3 is 0 Å². The Bertz CT molecular complexity index is 521. The van der Waals surface area contributed by atoms with Gasteiger partial charge in [-0.2, -0.15) is 0 Å². The summed E-state index contributed by atoms with van der Waals surface area (Å²) in [6.07, 6.45) is 0.863. The molecule has 0 saturated carbocycles. The van der Waals surface area contributed by atoms with Gasteiger partial charge in [-0.3, -0.25) is 4.79 Å². The third-order valence-corrected chi connectivity index (χ3v) is 5.72. The summed E-state index contributed by atoms with van der Waals surface area (Å²) in [5, 5.41) is 0.554. The molecule has 1 heterocycles. The standard InChI is InChI=1S/C16H23ClN2OS/c1-11(21-13-7-5-4-6-12(13)17)15(20)19-9-8-14(18)16(2,3)10-19/h4-7,11,14H,8-10,18H2,1-3H3. The van der Waals surface area contributed by atoms with Gasteiger partial charge in [0.2, 0.25) is 5.91 Å². The average molecular weight is 327 g/mol. The highest BCUT2D eigenvalue weighted by Crippen LogP contribution is 2.33. The molecule has 1 saturated heterocycles. The molecule has 2 unspecified atom stereocenters. The largest absolute Gasteiger partial charge is 0.341 e. The van der Waals surface area contributed by atoms with Crippen molar-refractivity contribution in [2.75, 3.05) is 13.1 Å². The lowest BCUT2D eigenvalue weighted by molar-refractivity contribution is -0.133. The number of piperidine rings is 1. The van der Waals surface area contributed by atoms with Gasteiger partial charge in [0, 0.05) is 24.0 Å². The number of carbonyl (C=O) groups excluding carboxylic acids is 1. The number of carbonyl (C=O) groups is 1. The van der Waals surface area contributed by atoms with Crippen LogP contribution in [-0.4, -0.2) is 35.2 Å². The molecule has 0 aromatic heterocycles. The lowest BCUT2D eigenvalue weighted by Gasteiger charge is -2.43. The summed E-state index contributed by atoms with van der Waals surface area (Å²) < 4.78 is 0. The van der Waals surface area contributed by atoms with Gasteiger partial charge in [-0.25, -0.2) is 0 Å². The maximum absolute atomic E-state index is 12.6. The summed E-state index contributed by atoms with van der Waals surface area (Å²) in [4.78, 5) is 15.5. The van der Waals surface area contributed by atoms with Crippen LogP contribution in [0.15, 0.2) is 29.2 Å². The van der Waals surface area contributed by atoms with Crippen LogP contribution in [0.3, 0.4) is 0 Å². The SMILES string of the molecule is CC(Sc1ccccc1Cl)C(=O)N1CCC(N)C(C)(C)C1. The number of thioether (sulfide) groups is 1. The molecule has 2 rings (SSSR count). The van der Waals surface area contributed by atoms with Gasteiger partial charge in [0.05, 0.1) is 10.3 Å². The van der Waals surface area contributed by atoms with E-state index in [1.165, 1.54) is 11.8 Å². The number of nitrogens with two attached hydrogens (primary N) is 1. The molecule has 1 aliphatic rings. The molecular weight excluding hydrogens is 304 g/mol. The van der Waals surface area contributed by atoms with Gasteiger partial charge in [-0.05, 0) is 30.9 Å². The van der Waals surface area contributed by atoms with Gasteiger partial charge in [-0.15, -0.1) is 11.8 Å². The number of hydrogen-bond acceptors (Lipinski definition) is 3. The Balaban J connectivity index is 2.01. The zero-order valence-corrected chi connectivity index (χ0v) is 14.4. The van der Waals surface area contributed by atoms with E-state index in [4.69, 9.17) is 17.3 Å². The highest BCUT2D eigenvalue weighted by Gasteiger charge is 2.36. The number of likely N-dealkylation sites (tertiary alicyclic amines) is 1. The van der Waals surface area contributed by atoms with Gasteiger partial charge in [0.1, 0.15) is 0 Å². The summed E-state index contributed by atoms with van der Waals surface area (Å²) in [7, 11) is 0. The highest BCUT2D eigenvalue weighted by molar-refractivity contribution is 8.00. The first-order valence-electron chi connectivity index (χ1n) is 7.27. The lowest BCUT2D eigenvalue weighted by atomic mass is 9.79. The van der Waals surface area contributed by atoms with E-state index < -0.39 is 0 Å². The third-order valence-electron chi connectivity index (χ3n) is 4.11. The summed E-state index contributed by atoms with van der Waals surface area (Å²) in [5.74, 6) is 0.167. The van der Waals surface area contributed by atoms with E-state index in [2.05, 4.69) is 13.8 Å². The average Bonchev–Trinajstić information content (AvgIpc) is 2.43. The van der Waals surface area contributed by atoms with Crippen LogP contribution in [-0.2, 0) is 4.79 Å². The normalized spacial score (nSPS) is 22.9. The molecule has 116 valence electrons. The third kappa shape index (κ3) is 3.93. The Labute approximate surface area is 136 Å². The van der Waals surface area contributed by atoms with Crippen LogP contribution in [0.2, 0.25) is 5.02 Å². The summed E-state index contributed by atoms with van der Waals surface area (Å²) >= 11 is 7.68. The molecule has 1 fully saturated rings. The predicted octanol–water partition coefficient (Wildman–Crippen LogP) is 3.41. The molecule has 0 bridgehead atoms. The van der Waals surface area contributed by atoms with E-state index >= 15 is 0 Å². The smallest absolute Gasteiger partial charge is 0.235 e. The first kappa shape index (κ1) is 16.7. The van der Waals surface area contributed by atoms with Crippen LogP contribution in [0.25, 0.3) is 0 Å². The molecule has 2 N–H and O–H groups in total. The Hall–Kier alpha value is -0.710. The minimum atomic E-state index is -0.143. The van der Waals surface area contributed by atoms with Crippen LogP contribution < -0.4 is 5.73 Å². The molecule has 21 heavy (non-hydrogen) atoms. The van der Waals surface area contributed by atoms with E-state index in [1.807, 2.05) is 36.1 Å². The Morgan fingerprint density at radius 2 is 2.14 bits per heavy atom. The summed E-state index contributed by atoms with van der Waals surface area (Å²) in [6.45, 7) is 7.67. The van der Waals surface area contributed by atoms with Gasteiger partial charge in [0.15, 0.2) is 0 Å². The number of nitrogens with zero attached hydrogens (tertiary/aromatic N) is 1. The molecule has 0 spiro atoms. The number of amides is 1. The first-order chi connectivity index (χ1) is 9.81. The van der Waals surface area contributed by atoms with Crippen LogP contribution >= 0.6 is 23.4 Å². The van der Waals surface area contributed by atoms with Gasteiger partial charge in [0.25, 0.3) is 0 Å². The van der Waals surface area contributed by atoms with Crippen molar-refractivity contribution in [2.45, 2.75) is 43.4 Å². The van der Waals surface area contributed by atoms with Crippen molar-refractivity contribution >= 4 is 29.3 Å². The molecule has 1 aromatic carbocycles. The van der Waals surface area contributed by atoms with Crippen LogP contribution in [0.1, 0.15) is 27.2 Å². The number of halogens is 1. The Kier molecular flexibility index (Phi) is 5.23. The van der Waals surface area contributed by atoms with E-state index in [9.17, 15) is 4.79 Å². The fourth-order valence-electron chi connectivity index (χ4n) is 2.60. The lowest BCUT2D eigenvalue weighted by Crippen LogP contribution is -2.55. The Morgan fingerprint density at radius 1 is 1.48 bits per heavy atom. The molecule has 2 atom stereocenters. The van der Waals surface area contributed by atoms with E-state index in [1.54, 1.807) is 0 Å². The molecule has 5 heteroatoms. The molecule has 1 aromatic rings. The minimum absolute atomic E-state index is 0.0251. The fourth-order valence-corrected chi connectivity index (χ4v) is 3.84. The number of rotatable bonds is 3. The highest BCUT2D eigenvalue weighted by atomic mass is 35.5. The quantitative estimate of drug-likeness (QED) is 0.866. The first-order valence-corrected chi connectivity index (χ1v) is 8.52. The Morgan fingerprint density at radius 3 is 2.76 bits per heavy atom. The van der Waals surface area contributed by atoms with Gasteiger partial charge < -0.3 is 10.6 Å². The van der Waals surface area contributed by atoms with Crippen molar-refractivity contribution in [3.63, 3.8) is 0 Å². The molecule has 1 amide bonds. The second-order valence-electron chi connectivity index (χ2n) is 6.33. The molecular formula is C16H23ClN2OS. The molecule has 0 radical (unpaired) electrons. The van der Waals surface area contributed by atoms with Crippen molar-refractivity contribution in [3.8, 4) is 0 Å². The van der Waals surface area contributed by atoms with Crippen molar-refractivity contribution in [3.05, 3.63) is 29.3 Å². The maximum atomic E-state index is 12.6. The fraction of sp³-hybridized carbons (Fsp3) is 0.562. The van der Waals surface area contributed by atoms with Crippen molar-refractivity contribution < 1.29 is 4.79 Å². The monoisotopic (exact) mass is 326 g/mol. The van der Waals surface area contributed by atoms with Crippen molar-refractivity contribution in [1.82, 2.24) is 4.90 Å². The molecule has 1 aliphatic heterocycles. The number of benzene rings is 1. The molecule has 3 nitrogen and oxygen atoms in total. The summed E-state index contributed by atoms with van der Waals surface area (Å²) in [5.41, 5.74) is 6.11. The zero-order chi connectivity index (χ0) is 15.6. The summed E-state index contributed by atoms with van der Waals surface area (Å²) in [6, 6.07) is 7.80. The topological polar surface area (TPSA) is 46.3 Å². The zero-order valence-electron chi connectivity index (χ0n) is 12.8. The number of hydrogen-bond donors (Lipinski definition) is 1. The van der Waals surface area contributed by atoms with Gasteiger partial charge in [-0.1, -0.05) is 37.6 Å². The van der Waals surface area contributed by atoms with Crippen LogP contribution in [0.4, 0.5) is 0 Å². The van der Waals surface area contributed by atoms with Crippen molar-refractivity contribution in [1.29, 1.82) is 0 Å². The van der Waals surface area contributed by atoms with Crippen molar-refractivity contribution in [2.24, 2.45) is 11.1 Å². The van der Waals surface area contributed by atoms with E-state index in [-0.39, 0.29) is 22.6 Å². The van der Waals surface area contributed by atoms with E-state index in [0.717, 1.165) is 24.4 Å². The predicted molar refractivity (Wildman–Crippen MR) is 89.7 cm³/mol. The molecule has 0 aliphatic carbocycles. The maximum Gasteiger partial charge on any atom is 0.235 e. The second kappa shape index (κ2) is 6.59. The van der Waals surface area contributed by atoms with Crippen LogP contribution in [0, 0.1) is 5.41 Å².